The predicted octanol–water partition coefficient (Wildman–Crippen LogP) is 1.67. The standard InChI is InChI=1S/C14H22ClN3O3S.ClH/c1-3-7-14(2,16)13(19)17-8-9-18-22(20,21)12-6-4-5-11(15)10-12;/h4-6,10,18H,3,7-9,16H2,1-2H3,(H,17,19);1H. The van der Waals surface area contributed by atoms with E-state index in [1.54, 1.807) is 19.1 Å². The minimum Gasteiger partial charge on any atom is -0.353 e. The Morgan fingerprint density at radius 1 is 1.35 bits per heavy atom. The predicted molar refractivity (Wildman–Crippen MR) is 94.4 cm³/mol. The molecule has 1 aromatic carbocycles. The Morgan fingerprint density at radius 3 is 2.57 bits per heavy atom. The van der Waals surface area contributed by atoms with Gasteiger partial charge in [-0.1, -0.05) is 31.0 Å². The van der Waals surface area contributed by atoms with E-state index in [2.05, 4.69) is 10.0 Å². The molecule has 0 fully saturated rings. The van der Waals surface area contributed by atoms with Crippen molar-refractivity contribution in [1.29, 1.82) is 0 Å². The molecular formula is C14H23Cl2N3O3S. The van der Waals surface area contributed by atoms with Gasteiger partial charge in [-0.2, -0.15) is 0 Å². The van der Waals surface area contributed by atoms with Gasteiger partial charge in [-0.15, -0.1) is 12.4 Å². The third-order valence-electron chi connectivity index (χ3n) is 3.10. The summed E-state index contributed by atoms with van der Waals surface area (Å²) in [4.78, 5) is 11.9. The van der Waals surface area contributed by atoms with Gasteiger partial charge in [-0.05, 0) is 31.5 Å². The highest BCUT2D eigenvalue weighted by molar-refractivity contribution is 7.89. The van der Waals surface area contributed by atoms with Crippen molar-refractivity contribution in [1.82, 2.24) is 10.0 Å². The Hall–Kier alpha value is -0.860. The van der Waals surface area contributed by atoms with Crippen LogP contribution < -0.4 is 15.8 Å². The molecule has 1 rings (SSSR count). The fourth-order valence-electron chi connectivity index (χ4n) is 1.91. The van der Waals surface area contributed by atoms with Crippen LogP contribution in [0, 0.1) is 0 Å². The van der Waals surface area contributed by atoms with E-state index in [1.807, 2.05) is 6.92 Å². The van der Waals surface area contributed by atoms with Gasteiger partial charge in [0.2, 0.25) is 15.9 Å². The normalized spacial score (nSPS) is 13.7. The number of hydrogen-bond donors (Lipinski definition) is 3. The first kappa shape index (κ1) is 22.1. The van der Waals surface area contributed by atoms with Crippen molar-refractivity contribution in [2.24, 2.45) is 5.73 Å². The van der Waals surface area contributed by atoms with Crippen molar-refractivity contribution >= 4 is 39.9 Å². The first-order chi connectivity index (χ1) is 10.2. The molecular weight excluding hydrogens is 361 g/mol. The number of halogens is 2. The Kier molecular flexibility index (Phi) is 9.09. The molecule has 4 N–H and O–H groups in total. The third kappa shape index (κ3) is 7.05. The third-order valence-corrected chi connectivity index (χ3v) is 4.79. The molecule has 6 nitrogen and oxygen atoms in total. The maximum atomic E-state index is 12.0. The number of rotatable bonds is 8. The topological polar surface area (TPSA) is 101 Å². The van der Waals surface area contributed by atoms with Crippen molar-refractivity contribution in [2.75, 3.05) is 13.1 Å². The molecule has 9 heteroatoms. The average molecular weight is 384 g/mol. The summed E-state index contributed by atoms with van der Waals surface area (Å²) in [6, 6.07) is 5.96. The number of sulfonamides is 1. The smallest absolute Gasteiger partial charge is 0.240 e. The van der Waals surface area contributed by atoms with Crippen LogP contribution in [0.5, 0.6) is 0 Å². The Morgan fingerprint density at radius 2 is 2.00 bits per heavy atom. The van der Waals surface area contributed by atoms with Gasteiger partial charge in [0.1, 0.15) is 0 Å². The van der Waals surface area contributed by atoms with Crippen LogP contribution in [-0.4, -0.2) is 33.0 Å². The van der Waals surface area contributed by atoms with Crippen LogP contribution in [-0.2, 0) is 14.8 Å². The van der Waals surface area contributed by atoms with E-state index in [4.69, 9.17) is 17.3 Å². The van der Waals surface area contributed by atoms with Gasteiger partial charge in [-0.25, -0.2) is 13.1 Å². The van der Waals surface area contributed by atoms with E-state index in [1.165, 1.54) is 12.1 Å². The lowest BCUT2D eigenvalue weighted by atomic mass is 9.97. The van der Waals surface area contributed by atoms with Crippen molar-refractivity contribution in [3.05, 3.63) is 29.3 Å². The highest BCUT2D eigenvalue weighted by Crippen LogP contribution is 2.14. The number of nitrogens with two attached hydrogens (primary N) is 1. The van der Waals surface area contributed by atoms with E-state index < -0.39 is 15.6 Å². The van der Waals surface area contributed by atoms with Gasteiger partial charge < -0.3 is 11.1 Å². The molecule has 23 heavy (non-hydrogen) atoms. The van der Waals surface area contributed by atoms with Gasteiger partial charge in [0, 0.05) is 18.1 Å². The number of benzene rings is 1. The van der Waals surface area contributed by atoms with Crippen LogP contribution in [0.25, 0.3) is 0 Å². The number of hydrogen-bond acceptors (Lipinski definition) is 4. The molecule has 1 aromatic rings. The molecule has 132 valence electrons. The highest BCUT2D eigenvalue weighted by Gasteiger charge is 2.26. The van der Waals surface area contributed by atoms with E-state index in [0.717, 1.165) is 6.42 Å². The second-order valence-electron chi connectivity index (χ2n) is 5.28. The van der Waals surface area contributed by atoms with Crippen LogP contribution in [0.2, 0.25) is 5.02 Å². The molecule has 0 aliphatic heterocycles. The molecule has 0 saturated heterocycles. The second-order valence-corrected chi connectivity index (χ2v) is 7.48. The summed E-state index contributed by atoms with van der Waals surface area (Å²) in [5.41, 5.74) is 4.94. The quantitative estimate of drug-likeness (QED) is 0.594. The number of carbonyl (C=O) groups is 1. The number of carbonyl (C=O) groups excluding carboxylic acids is 1. The first-order valence-electron chi connectivity index (χ1n) is 7.01. The van der Waals surface area contributed by atoms with Crippen molar-refractivity contribution in [2.45, 2.75) is 37.1 Å². The van der Waals surface area contributed by atoms with Crippen LogP contribution in [0.4, 0.5) is 0 Å². The maximum Gasteiger partial charge on any atom is 0.240 e. The van der Waals surface area contributed by atoms with E-state index >= 15 is 0 Å². The first-order valence-corrected chi connectivity index (χ1v) is 8.87. The SMILES string of the molecule is CCCC(C)(N)C(=O)NCCNS(=O)(=O)c1cccc(Cl)c1.Cl. The van der Waals surface area contributed by atoms with Gasteiger partial charge in [0.15, 0.2) is 0 Å². The molecule has 1 atom stereocenters. The summed E-state index contributed by atoms with van der Waals surface area (Å²) in [6.07, 6.45) is 1.36. The van der Waals surface area contributed by atoms with E-state index in [9.17, 15) is 13.2 Å². The lowest BCUT2D eigenvalue weighted by molar-refractivity contribution is -0.126. The number of nitrogens with one attached hydrogen (secondary N) is 2. The van der Waals surface area contributed by atoms with Crippen molar-refractivity contribution in [3.63, 3.8) is 0 Å². The van der Waals surface area contributed by atoms with E-state index in [-0.39, 0.29) is 36.3 Å². The zero-order valence-corrected chi connectivity index (χ0v) is 15.5. The van der Waals surface area contributed by atoms with Gasteiger partial charge in [0.05, 0.1) is 10.4 Å². The molecule has 1 amide bonds. The van der Waals surface area contributed by atoms with Crippen molar-refractivity contribution < 1.29 is 13.2 Å². The molecule has 0 spiro atoms. The lowest BCUT2D eigenvalue weighted by Gasteiger charge is -2.22. The zero-order valence-electron chi connectivity index (χ0n) is 13.1. The minimum absolute atomic E-state index is 0. The van der Waals surface area contributed by atoms with Crippen LogP contribution in [0.3, 0.4) is 0 Å². The van der Waals surface area contributed by atoms with Crippen molar-refractivity contribution in [3.8, 4) is 0 Å². The molecule has 0 aliphatic rings. The Balaban J connectivity index is 0.00000484. The lowest BCUT2D eigenvalue weighted by Crippen LogP contribution is -2.52. The summed E-state index contributed by atoms with van der Waals surface area (Å²) in [5, 5.41) is 2.97. The molecule has 0 aromatic heterocycles. The molecule has 0 heterocycles. The summed E-state index contributed by atoms with van der Waals surface area (Å²) in [7, 11) is -3.64. The fraction of sp³-hybridized carbons (Fsp3) is 0.500. The molecule has 1 unspecified atom stereocenters. The molecule has 0 aliphatic carbocycles. The number of amides is 1. The zero-order chi connectivity index (χ0) is 16.8. The fourth-order valence-corrected chi connectivity index (χ4v) is 3.25. The Labute approximate surface area is 148 Å². The molecule has 0 bridgehead atoms. The van der Waals surface area contributed by atoms with Gasteiger partial charge >= 0.3 is 0 Å². The summed E-state index contributed by atoms with van der Waals surface area (Å²) < 4.78 is 26.4. The van der Waals surface area contributed by atoms with Crippen LogP contribution in [0.15, 0.2) is 29.2 Å². The Bertz CT molecular complexity index is 621. The van der Waals surface area contributed by atoms with Gasteiger partial charge in [-0.3, -0.25) is 4.79 Å². The van der Waals surface area contributed by atoms with E-state index in [0.29, 0.717) is 11.4 Å². The maximum absolute atomic E-state index is 12.0. The average Bonchev–Trinajstić information content (AvgIpc) is 2.43. The molecule has 0 saturated carbocycles. The second kappa shape index (κ2) is 9.44. The molecule has 0 radical (unpaired) electrons. The van der Waals surface area contributed by atoms with Crippen LogP contribution in [0.1, 0.15) is 26.7 Å². The van der Waals surface area contributed by atoms with Crippen LogP contribution >= 0.6 is 24.0 Å². The monoisotopic (exact) mass is 383 g/mol. The summed E-state index contributed by atoms with van der Waals surface area (Å²) in [6.45, 7) is 3.83. The summed E-state index contributed by atoms with van der Waals surface area (Å²) in [5.74, 6) is -0.295. The minimum atomic E-state index is -3.64. The summed E-state index contributed by atoms with van der Waals surface area (Å²) >= 11 is 5.77. The largest absolute Gasteiger partial charge is 0.353 e. The highest BCUT2D eigenvalue weighted by atomic mass is 35.5. The van der Waals surface area contributed by atoms with Gasteiger partial charge in [0.25, 0.3) is 0 Å².